The summed E-state index contributed by atoms with van der Waals surface area (Å²) >= 11 is 5.98. The number of Topliss-reactive ketones (excluding diaryl/α,β-unsaturated/α-hetero) is 1. The Kier molecular flexibility index (Phi) is 3.25. The van der Waals surface area contributed by atoms with Crippen LogP contribution in [0.5, 0.6) is 0 Å². The van der Waals surface area contributed by atoms with Gasteiger partial charge in [0.2, 0.25) is 0 Å². The maximum Gasteiger partial charge on any atom is 0.296 e. The smallest absolute Gasteiger partial charge is 0.296 e. The molecule has 2 aliphatic heterocycles. The number of anilines is 1. The van der Waals surface area contributed by atoms with Crippen LogP contribution in [-0.4, -0.2) is 30.2 Å². The van der Waals surface area contributed by atoms with Crippen molar-refractivity contribution in [3.05, 3.63) is 52.0 Å². The van der Waals surface area contributed by atoms with Gasteiger partial charge in [0.15, 0.2) is 0 Å². The molecule has 0 spiro atoms. The minimum atomic E-state index is -0.538. The summed E-state index contributed by atoms with van der Waals surface area (Å²) in [5.41, 5.74) is 5.48. The van der Waals surface area contributed by atoms with Crippen LogP contribution in [0.1, 0.15) is 21.5 Å². The summed E-state index contributed by atoms with van der Waals surface area (Å²) < 4.78 is 0. The first-order valence-corrected chi connectivity index (χ1v) is 7.91. The van der Waals surface area contributed by atoms with E-state index in [-0.39, 0.29) is 0 Å². The molecule has 0 unspecified atom stereocenters. The van der Waals surface area contributed by atoms with Crippen LogP contribution in [-0.2, 0) is 17.8 Å². The highest BCUT2D eigenvalue weighted by atomic mass is 35.5. The van der Waals surface area contributed by atoms with Gasteiger partial charge in [-0.1, -0.05) is 23.7 Å². The minimum absolute atomic E-state index is 0.453. The molecular weight excluding hydrogens is 312 g/mol. The Bertz CT molecular complexity index is 843. The Morgan fingerprint density at radius 1 is 1.09 bits per heavy atom. The zero-order valence-corrected chi connectivity index (χ0v) is 13.4. The zero-order chi connectivity index (χ0) is 16.1. The SMILES string of the molecule is CN1CCc2c(-c3ccc(Cl)cc3)cc3c(c2C1)NC(=O)C3=O. The first kappa shape index (κ1) is 14.4. The van der Waals surface area contributed by atoms with E-state index in [4.69, 9.17) is 11.6 Å². The van der Waals surface area contributed by atoms with Crippen molar-refractivity contribution in [2.75, 3.05) is 18.9 Å². The van der Waals surface area contributed by atoms with E-state index in [1.807, 2.05) is 37.4 Å². The molecular formula is C18H15ClN2O2. The lowest BCUT2D eigenvalue weighted by atomic mass is 9.87. The molecule has 0 fully saturated rings. The number of hydrogen-bond donors (Lipinski definition) is 1. The monoisotopic (exact) mass is 326 g/mol. The van der Waals surface area contributed by atoms with Crippen molar-refractivity contribution >= 4 is 29.0 Å². The average molecular weight is 327 g/mol. The van der Waals surface area contributed by atoms with Gasteiger partial charge in [-0.3, -0.25) is 9.59 Å². The van der Waals surface area contributed by atoms with Crippen LogP contribution < -0.4 is 5.32 Å². The molecule has 5 heteroatoms. The third-order valence-corrected chi connectivity index (χ3v) is 4.82. The predicted molar refractivity (Wildman–Crippen MR) is 89.9 cm³/mol. The fourth-order valence-corrected chi connectivity index (χ4v) is 3.52. The summed E-state index contributed by atoms with van der Waals surface area (Å²) in [6.07, 6.45) is 0.890. The third kappa shape index (κ3) is 2.26. The number of nitrogens with zero attached hydrogens (tertiary/aromatic N) is 1. The van der Waals surface area contributed by atoms with Gasteiger partial charge in [-0.25, -0.2) is 0 Å². The standard InChI is InChI=1S/C18H15ClN2O2/c1-21-7-6-12-13(10-2-4-11(19)5-3-10)8-14-16(15(12)9-21)20-18(23)17(14)22/h2-5,8H,6-7,9H2,1H3,(H,20,22,23). The fourth-order valence-electron chi connectivity index (χ4n) is 3.39. The third-order valence-electron chi connectivity index (χ3n) is 4.57. The molecule has 2 heterocycles. The molecule has 0 atom stereocenters. The number of fused-ring (bicyclic) bond motifs is 3. The molecule has 4 rings (SSSR count). The van der Waals surface area contributed by atoms with Crippen LogP contribution >= 0.6 is 11.6 Å². The Hall–Kier alpha value is -2.17. The van der Waals surface area contributed by atoms with Crippen molar-refractivity contribution < 1.29 is 9.59 Å². The molecule has 2 aromatic rings. The predicted octanol–water partition coefficient (Wildman–Crippen LogP) is 3.13. The van der Waals surface area contributed by atoms with Crippen molar-refractivity contribution in [3.8, 4) is 11.1 Å². The van der Waals surface area contributed by atoms with Gasteiger partial charge >= 0.3 is 0 Å². The lowest BCUT2D eigenvalue weighted by Crippen LogP contribution is -2.27. The van der Waals surface area contributed by atoms with Crippen molar-refractivity contribution in [2.24, 2.45) is 0 Å². The van der Waals surface area contributed by atoms with E-state index in [0.29, 0.717) is 16.3 Å². The van der Waals surface area contributed by atoms with Crippen LogP contribution in [0.2, 0.25) is 5.02 Å². The topological polar surface area (TPSA) is 49.4 Å². The van der Waals surface area contributed by atoms with Gasteiger partial charge in [0.1, 0.15) is 0 Å². The summed E-state index contributed by atoms with van der Waals surface area (Å²) in [6.45, 7) is 1.68. The van der Waals surface area contributed by atoms with Gasteiger partial charge < -0.3 is 10.2 Å². The summed E-state index contributed by atoms with van der Waals surface area (Å²) in [7, 11) is 2.04. The van der Waals surface area contributed by atoms with Crippen LogP contribution in [0.25, 0.3) is 11.1 Å². The second kappa shape index (κ2) is 5.18. The molecule has 0 bridgehead atoms. The van der Waals surface area contributed by atoms with Crippen LogP contribution in [0.15, 0.2) is 30.3 Å². The molecule has 2 aliphatic rings. The second-order valence-corrected chi connectivity index (χ2v) is 6.52. The largest absolute Gasteiger partial charge is 0.318 e. The quantitative estimate of drug-likeness (QED) is 0.819. The minimum Gasteiger partial charge on any atom is -0.318 e. The molecule has 0 saturated carbocycles. The first-order chi connectivity index (χ1) is 11.0. The van der Waals surface area contributed by atoms with E-state index in [9.17, 15) is 9.59 Å². The highest BCUT2D eigenvalue weighted by molar-refractivity contribution is 6.52. The molecule has 0 radical (unpaired) electrons. The summed E-state index contributed by atoms with van der Waals surface area (Å²) in [5, 5.41) is 3.42. The highest BCUT2D eigenvalue weighted by Gasteiger charge is 2.34. The molecule has 116 valence electrons. The number of halogens is 1. The van der Waals surface area contributed by atoms with Crippen LogP contribution in [0.4, 0.5) is 5.69 Å². The molecule has 2 aromatic carbocycles. The molecule has 23 heavy (non-hydrogen) atoms. The van der Waals surface area contributed by atoms with Crippen molar-refractivity contribution in [1.29, 1.82) is 0 Å². The molecule has 0 aromatic heterocycles. The van der Waals surface area contributed by atoms with Gasteiger partial charge in [0.05, 0.1) is 11.3 Å². The molecule has 4 nitrogen and oxygen atoms in total. The van der Waals surface area contributed by atoms with E-state index in [1.54, 1.807) is 0 Å². The summed E-state index contributed by atoms with van der Waals surface area (Å²) in [5.74, 6) is -0.991. The van der Waals surface area contributed by atoms with Crippen molar-refractivity contribution in [3.63, 3.8) is 0 Å². The molecule has 1 amide bonds. The number of likely N-dealkylation sites (N-methyl/N-ethyl adjacent to an activating group) is 1. The Morgan fingerprint density at radius 3 is 2.57 bits per heavy atom. The Labute approximate surface area is 139 Å². The van der Waals surface area contributed by atoms with E-state index in [0.717, 1.165) is 36.2 Å². The van der Waals surface area contributed by atoms with E-state index >= 15 is 0 Å². The number of hydrogen-bond acceptors (Lipinski definition) is 3. The number of rotatable bonds is 1. The summed E-state index contributed by atoms with van der Waals surface area (Å²) in [6, 6.07) is 9.45. The van der Waals surface area contributed by atoms with E-state index in [1.165, 1.54) is 5.56 Å². The van der Waals surface area contributed by atoms with Gasteiger partial charge in [-0.05, 0) is 53.9 Å². The molecule has 0 saturated heterocycles. The number of benzene rings is 2. The van der Waals surface area contributed by atoms with Crippen LogP contribution in [0.3, 0.4) is 0 Å². The Balaban J connectivity index is 1.97. The van der Waals surface area contributed by atoms with Gasteiger partial charge in [-0.2, -0.15) is 0 Å². The van der Waals surface area contributed by atoms with Crippen molar-refractivity contribution in [1.82, 2.24) is 4.90 Å². The lowest BCUT2D eigenvalue weighted by Gasteiger charge is -2.28. The van der Waals surface area contributed by atoms with E-state index in [2.05, 4.69) is 10.2 Å². The normalized spacial score (nSPS) is 17.0. The number of carbonyl (C=O) groups excluding carboxylic acids is 2. The van der Waals surface area contributed by atoms with Crippen molar-refractivity contribution in [2.45, 2.75) is 13.0 Å². The van der Waals surface area contributed by atoms with Crippen LogP contribution in [0, 0.1) is 0 Å². The maximum absolute atomic E-state index is 12.2. The second-order valence-electron chi connectivity index (χ2n) is 6.08. The lowest BCUT2D eigenvalue weighted by molar-refractivity contribution is -0.112. The number of ketones is 1. The Morgan fingerprint density at radius 2 is 1.83 bits per heavy atom. The van der Waals surface area contributed by atoms with Gasteiger partial charge in [0.25, 0.3) is 11.7 Å². The highest BCUT2D eigenvalue weighted by Crippen LogP contribution is 2.39. The first-order valence-electron chi connectivity index (χ1n) is 7.53. The van der Waals surface area contributed by atoms with E-state index < -0.39 is 11.7 Å². The average Bonchev–Trinajstić information content (AvgIpc) is 2.83. The number of amides is 1. The maximum atomic E-state index is 12.2. The molecule has 0 aliphatic carbocycles. The fraction of sp³-hybridized carbons (Fsp3) is 0.222. The number of carbonyl (C=O) groups is 2. The van der Waals surface area contributed by atoms with Gasteiger partial charge in [0, 0.05) is 18.1 Å². The molecule has 1 N–H and O–H groups in total. The van der Waals surface area contributed by atoms with Gasteiger partial charge in [-0.15, -0.1) is 0 Å². The number of nitrogens with one attached hydrogen (secondary N) is 1. The zero-order valence-electron chi connectivity index (χ0n) is 12.6. The summed E-state index contributed by atoms with van der Waals surface area (Å²) in [4.78, 5) is 26.2.